The number of rotatable bonds is 3. The Morgan fingerprint density at radius 2 is 2.33 bits per heavy atom. The molecule has 6 nitrogen and oxygen atoms in total. The molecule has 1 fully saturated rings. The van der Waals surface area contributed by atoms with Crippen molar-refractivity contribution < 1.29 is 4.92 Å². The molecule has 1 aromatic carbocycles. The van der Waals surface area contributed by atoms with Crippen LogP contribution in [0.5, 0.6) is 0 Å². The minimum absolute atomic E-state index is 0.0882. The normalized spacial score (nSPS) is 22.1. The number of thiazole rings is 1. The fraction of sp³-hybridized carbons (Fsp3) is 0.364. The lowest BCUT2D eigenvalue weighted by Crippen LogP contribution is -2.14. The first-order valence-corrected chi connectivity index (χ1v) is 6.44. The topological polar surface area (TPSA) is 94.1 Å². The molecule has 1 saturated carbocycles. The number of nitrogens with zero attached hydrogens (tertiary/aromatic N) is 2. The Morgan fingerprint density at radius 1 is 1.61 bits per heavy atom. The minimum atomic E-state index is -0.370. The van der Waals surface area contributed by atoms with E-state index in [1.54, 1.807) is 12.1 Å². The number of nitro groups is 1. The Balaban J connectivity index is 2.07. The molecule has 94 valence electrons. The Hall–Kier alpha value is -1.73. The number of aryl methyl sites for hydroxylation is 1. The molecule has 2 unspecified atom stereocenters. The molecule has 7 heteroatoms. The van der Waals surface area contributed by atoms with Crippen LogP contribution in [0.3, 0.4) is 0 Å². The summed E-state index contributed by atoms with van der Waals surface area (Å²) in [6.07, 6.45) is 0.852. The van der Waals surface area contributed by atoms with Gasteiger partial charge in [0.05, 0.1) is 20.1 Å². The predicted octanol–water partition coefficient (Wildman–Crippen LogP) is 2.02. The largest absolute Gasteiger partial charge is 0.375 e. The van der Waals surface area contributed by atoms with Crippen molar-refractivity contribution in [3.8, 4) is 0 Å². The van der Waals surface area contributed by atoms with Gasteiger partial charge in [-0.15, -0.1) is 11.3 Å². The third-order valence-electron chi connectivity index (χ3n) is 2.99. The molecule has 2 aromatic rings. The summed E-state index contributed by atoms with van der Waals surface area (Å²) in [6.45, 7) is 1.89. The monoisotopic (exact) mass is 264 g/mol. The molecule has 1 aliphatic carbocycles. The SMILES string of the molecule is Cc1nc2cc(NC3CC3N)c([N+](=O)[O-])cc2s1. The lowest BCUT2D eigenvalue weighted by Gasteiger charge is -2.05. The van der Waals surface area contributed by atoms with Crippen LogP contribution in [0.1, 0.15) is 11.4 Å². The van der Waals surface area contributed by atoms with E-state index in [0.29, 0.717) is 5.69 Å². The molecular weight excluding hydrogens is 252 g/mol. The third-order valence-corrected chi connectivity index (χ3v) is 3.92. The standard InChI is InChI=1S/C11H12N4O2S/c1-5-13-9-3-8(14-7-2-6(7)12)10(15(16)17)4-11(9)18-5/h3-4,6-7,14H,2,12H2,1H3. The lowest BCUT2D eigenvalue weighted by atomic mass is 10.2. The van der Waals surface area contributed by atoms with Crippen LogP contribution in [0.25, 0.3) is 10.2 Å². The molecular formula is C11H12N4O2S. The van der Waals surface area contributed by atoms with Gasteiger partial charge in [0.2, 0.25) is 0 Å². The summed E-state index contributed by atoms with van der Waals surface area (Å²) < 4.78 is 0.838. The van der Waals surface area contributed by atoms with Crippen molar-refractivity contribution in [2.24, 2.45) is 5.73 Å². The molecule has 0 radical (unpaired) electrons. The van der Waals surface area contributed by atoms with E-state index in [2.05, 4.69) is 10.3 Å². The van der Waals surface area contributed by atoms with Gasteiger partial charge in [-0.1, -0.05) is 0 Å². The van der Waals surface area contributed by atoms with Gasteiger partial charge in [0, 0.05) is 18.2 Å². The van der Waals surface area contributed by atoms with Crippen LogP contribution in [-0.2, 0) is 0 Å². The average molecular weight is 264 g/mol. The van der Waals surface area contributed by atoms with Gasteiger partial charge in [-0.2, -0.15) is 0 Å². The van der Waals surface area contributed by atoms with Crippen molar-refractivity contribution in [3.05, 3.63) is 27.3 Å². The molecule has 0 aliphatic heterocycles. The van der Waals surface area contributed by atoms with Crippen molar-refractivity contribution in [3.63, 3.8) is 0 Å². The van der Waals surface area contributed by atoms with E-state index in [-0.39, 0.29) is 22.7 Å². The highest BCUT2D eigenvalue weighted by Gasteiger charge is 2.35. The van der Waals surface area contributed by atoms with Crippen molar-refractivity contribution in [1.82, 2.24) is 4.98 Å². The zero-order valence-corrected chi connectivity index (χ0v) is 10.5. The maximum absolute atomic E-state index is 11.1. The van der Waals surface area contributed by atoms with E-state index in [0.717, 1.165) is 21.6 Å². The number of hydrogen-bond donors (Lipinski definition) is 2. The van der Waals surface area contributed by atoms with E-state index >= 15 is 0 Å². The quantitative estimate of drug-likeness (QED) is 0.653. The van der Waals surface area contributed by atoms with Crippen LogP contribution in [0.4, 0.5) is 11.4 Å². The van der Waals surface area contributed by atoms with Gasteiger partial charge in [-0.25, -0.2) is 4.98 Å². The molecule has 0 amide bonds. The summed E-state index contributed by atoms with van der Waals surface area (Å²) in [5, 5.41) is 15.1. The molecule has 1 aromatic heterocycles. The second-order valence-corrected chi connectivity index (χ2v) is 5.71. The lowest BCUT2D eigenvalue weighted by molar-refractivity contribution is -0.383. The summed E-state index contributed by atoms with van der Waals surface area (Å²) in [7, 11) is 0. The van der Waals surface area contributed by atoms with E-state index in [1.165, 1.54) is 11.3 Å². The molecule has 3 N–H and O–H groups in total. The van der Waals surface area contributed by atoms with Crippen LogP contribution >= 0.6 is 11.3 Å². The third kappa shape index (κ3) is 1.91. The fourth-order valence-corrected chi connectivity index (χ4v) is 2.77. The number of aromatic nitrogens is 1. The fourth-order valence-electron chi connectivity index (χ4n) is 1.93. The molecule has 1 heterocycles. The van der Waals surface area contributed by atoms with Crippen molar-refractivity contribution in [2.45, 2.75) is 25.4 Å². The Morgan fingerprint density at radius 3 is 2.94 bits per heavy atom. The van der Waals surface area contributed by atoms with Crippen LogP contribution in [-0.4, -0.2) is 22.0 Å². The van der Waals surface area contributed by atoms with Crippen LogP contribution in [0.15, 0.2) is 12.1 Å². The number of benzene rings is 1. The molecule has 0 spiro atoms. The van der Waals surface area contributed by atoms with E-state index < -0.39 is 0 Å². The van der Waals surface area contributed by atoms with Gasteiger partial charge >= 0.3 is 0 Å². The molecule has 0 bridgehead atoms. The molecule has 1 aliphatic rings. The first-order chi connectivity index (χ1) is 8.54. The van der Waals surface area contributed by atoms with E-state index in [9.17, 15) is 10.1 Å². The van der Waals surface area contributed by atoms with Gasteiger partial charge in [0.1, 0.15) is 5.69 Å². The second kappa shape index (κ2) is 3.89. The van der Waals surface area contributed by atoms with E-state index in [1.807, 2.05) is 6.92 Å². The highest BCUT2D eigenvalue weighted by atomic mass is 32.1. The maximum atomic E-state index is 11.1. The van der Waals surface area contributed by atoms with Crippen LogP contribution < -0.4 is 11.1 Å². The molecule has 3 rings (SSSR count). The maximum Gasteiger partial charge on any atom is 0.293 e. The Kier molecular flexibility index (Phi) is 2.46. The number of nitro benzene ring substituents is 1. The van der Waals surface area contributed by atoms with Crippen molar-refractivity contribution in [2.75, 3.05) is 5.32 Å². The number of fused-ring (bicyclic) bond motifs is 1. The van der Waals surface area contributed by atoms with Gasteiger partial charge in [-0.3, -0.25) is 10.1 Å². The predicted molar refractivity (Wildman–Crippen MR) is 71.0 cm³/mol. The number of nitrogens with one attached hydrogen (secondary N) is 1. The molecule has 18 heavy (non-hydrogen) atoms. The minimum Gasteiger partial charge on any atom is -0.375 e. The summed E-state index contributed by atoms with van der Waals surface area (Å²) >= 11 is 1.46. The smallest absolute Gasteiger partial charge is 0.293 e. The first-order valence-electron chi connectivity index (χ1n) is 5.62. The van der Waals surface area contributed by atoms with Crippen LogP contribution in [0.2, 0.25) is 0 Å². The van der Waals surface area contributed by atoms with Gasteiger partial charge in [-0.05, 0) is 19.4 Å². The summed E-state index contributed by atoms with van der Waals surface area (Å²) in [5.74, 6) is 0. The van der Waals surface area contributed by atoms with Crippen LogP contribution in [0, 0.1) is 17.0 Å². The molecule has 2 atom stereocenters. The van der Waals surface area contributed by atoms with Crippen molar-refractivity contribution in [1.29, 1.82) is 0 Å². The highest BCUT2D eigenvalue weighted by molar-refractivity contribution is 7.18. The van der Waals surface area contributed by atoms with Crippen molar-refractivity contribution >= 4 is 32.9 Å². The zero-order chi connectivity index (χ0) is 12.9. The van der Waals surface area contributed by atoms with E-state index in [4.69, 9.17) is 5.73 Å². The Labute approximate surface area is 107 Å². The molecule has 0 saturated heterocycles. The summed E-state index contributed by atoms with van der Waals surface area (Å²) in [6, 6.07) is 3.55. The van der Waals surface area contributed by atoms with Gasteiger partial charge < -0.3 is 11.1 Å². The summed E-state index contributed by atoms with van der Waals surface area (Å²) in [4.78, 5) is 15.0. The highest BCUT2D eigenvalue weighted by Crippen LogP contribution is 2.35. The first kappa shape index (κ1) is 11.4. The number of anilines is 1. The number of hydrogen-bond acceptors (Lipinski definition) is 6. The zero-order valence-electron chi connectivity index (χ0n) is 9.71. The van der Waals surface area contributed by atoms with Gasteiger partial charge in [0.25, 0.3) is 5.69 Å². The summed E-state index contributed by atoms with van der Waals surface area (Å²) in [5.41, 5.74) is 7.10. The second-order valence-electron chi connectivity index (χ2n) is 4.48. The average Bonchev–Trinajstić information content (AvgIpc) is 2.85. The Bertz CT molecular complexity index is 639. The van der Waals surface area contributed by atoms with Gasteiger partial charge in [0.15, 0.2) is 0 Å². The number of nitrogens with two attached hydrogens (primary N) is 1.